The summed E-state index contributed by atoms with van der Waals surface area (Å²) in [6.07, 6.45) is 0. The van der Waals surface area contributed by atoms with Crippen molar-refractivity contribution in [1.82, 2.24) is 5.32 Å². The van der Waals surface area contributed by atoms with Crippen LogP contribution >= 0.6 is 22.9 Å². The number of hydrogen-bond donors (Lipinski definition) is 1. The van der Waals surface area contributed by atoms with E-state index < -0.39 is 0 Å². The lowest BCUT2D eigenvalue weighted by atomic mass is 10.2. The molecule has 1 atom stereocenters. The Balaban J connectivity index is 2.00. The van der Waals surface area contributed by atoms with Crippen LogP contribution in [0.15, 0.2) is 36.4 Å². The van der Waals surface area contributed by atoms with E-state index >= 15 is 0 Å². The van der Waals surface area contributed by atoms with Gasteiger partial charge in [-0.15, -0.1) is 11.3 Å². The smallest absolute Gasteiger partial charge is 0.251 e. The summed E-state index contributed by atoms with van der Waals surface area (Å²) < 4.78 is 6.07. The number of thiophene rings is 1. The molecule has 0 aliphatic carbocycles. The van der Waals surface area contributed by atoms with Crippen LogP contribution in [0.4, 0.5) is 0 Å². The lowest BCUT2D eigenvalue weighted by molar-refractivity contribution is 0.0940. The Morgan fingerprint density at radius 1 is 1.30 bits per heavy atom. The maximum absolute atomic E-state index is 12.1. The molecule has 3 nitrogen and oxygen atoms in total. The fourth-order valence-electron chi connectivity index (χ4n) is 1.78. The van der Waals surface area contributed by atoms with Crippen LogP contribution in [0.3, 0.4) is 0 Å². The van der Waals surface area contributed by atoms with Gasteiger partial charge in [0.2, 0.25) is 0 Å². The quantitative estimate of drug-likeness (QED) is 0.894. The van der Waals surface area contributed by atoms with Gasteiger partial charge in [-0.1, -0.05) is 11.6 Å². The van der Waals surface area contributed by atoms with E-state index in [0.717, 1.165) is 15.0 Å². The van der Waals surface area contributed by atoms with Crippen molar-refractivity contribution in [3.63, 3.8) is 0 Å². The molecule has 1 aromatic carbocycles. The number of rotatable bonds is 5. The van der Waals surface area contributed by atoms with Crippen molar-refractivity contribution < 1.29 is 9.53 Å². The average molecular weight is 310 g/mol. The molecule has 1 aromatic heterocycles. The van der Waals surface area contributed by atoms with Crippen LogP contribution in [0, 0.1) is 0 Å². The zero-order valence-corrected chi connectivity index (χ0v) is 12.9. The molecule has 0 saturated heterocycles. The third-order valence-electron chi connectivity index (χ3n) is 2.80. The number of hydrogen-bond acceptors (Lipinski definition) is 3. The monoisotopic (exact) mass is 309 g/mol. The first-order valence-corrected chi connectivity index (χ1v) is 7.58. The van der Waals surface area contributed by atoms with E-state index in [0.29, 0.717) is 12.2 Å². The van der Waals surface area contributed by atoms with Gasteiger partial charge in [0.1, 0.15) is 5.75 Å². The predicted molar refractivity (Wildman–Crippen MR) is 82.8 cm³/mol. The van der Waals surface area contributed by atoms with Crippen LogP contribution < -0.4 is 10.1 Å². The highest BCUT2D eigenvalue weighted by Gasteiger charge is 2.13. The zero-order chi connectivity index (χ0) is 14.5. The summed E-state index contributed by atoms with van der Waals surface area (Å²) >= 11 is 7.37. The topological polar surface area (TPSA) is 38.3 Å². The van der Waals surface area contributed by atoms with Gasteiger partial charge in [0, 0.05) is 10.4 Å². The first-order chi connectivity index (χ1) is 9.60. The van der Waals surface area contributed by atoms with Crippen LogP contribution in [0.5, 0.6) is 5.75 Å². The largest absolute Gasteiger partial charge is 0.494 e. The molecule has 1 amide bonds. The van der Waals surface area contributed by atoms with Crippen LogP contribution in [0.1, 0.15) is 35.1 Å². The maximum Gasteiger partial charge on any atom is 0.251 e. The first kappa shape index (κ1) is 14.9. The number of halogens is 1. The Kier molecular flexibility index (Phi) is 5.04. The van der Waals surface area contributed by atoms with E-state index in [1.807, 2.05) is 26.0 Å². The van der Waals surface area contributed by atoms with Crippen molar-refractivity contribution in [2.45, 2.75) is 19.9 Å². The van der Waals surface area contributed by atoms with Gasteiger partial charge in [-0.05, 0) is 50.2 Å². The van der Waals surface area contributed by atoms with Gasteiger partial charge in [-0.3, -0.25) is 4.79 Å². The van der Waals surface area contributed by atoms with E-state index in [2.05, 4.69) is 5.32 Å². The molecule has 2 aromatic rings. The Morgan fingerprint density at radius 3 is 2.55 bits per heavy atom. The summed E-state index contributed by atoms with van der Waals surface area (Å²) in [7, 11) is 0. The molecule has 106 valence electrons. The standard InChI is InChI=1S/C15H16ClNO2S/c1-3-19-12-6-4-11(5-7-12)15(18)17-10(2)13-8-9-14(16)20-13/h4-10H,3H2,1-2H3,(H,17,18). The molecule has 1 unspecified atom stereocenters. The fraction of sp³-hybridized carbons (Fsp3) is 0.267. The van der Waals surface area contributed by atoms with Crippen LogP contribution in [0.25, 0.3) is 0 Å². The molecule has 0 bridgehead atoms. The number of nitrogens with one attached hydrogen (secondary N) is 1. The van der Waals surface area contributed by atoms with Gasteiger partial charge in [0.15, 0.2) is 0 Å². The van der Waals surface area contributed by atoms with Crippen LogP contribution in [-0.2, 0) is 0 Å². The van der Waals surface area contributed by atoms with Gasteiger partial charge in [0.05, 0.1) is 17.0 Å². The highest BCUT2D eigenvalue weighted by atomic mass is 35.5. The third-order valence-corrected chi connectivity index (χ3v) is 4.21. The fourth-order valence-corrected chi connectivity index (χ4v) is 2.84. The number of amides is 1. The highest BCUT2D eigenvalue weighted by molar-refractivity contribution is 7.16. The molecule has 0 radical (unpaired) electrons. The van der Waals surface area contributed by atoms with Crippen LogP contribution in [0.2, 0.25) is 4.34 Å². The summed E-state index contributed by atoms with van der Waals surface area (Å²) in [4.78, 5) is 13.2. The van der Waals surface area contributed by atoms with E-state index in [9.17, 15) is 4.79 Å². The van der Waals surface area contributed by atoms with E-state index in [4.69, 9.17) is 16.3 Å². The minimum Gasteiger partial charge on any atom is -0.494 e. The highest BCUT2D eigenvalue weighted by Crippen LogP contribution is 2.26. The van der Waals surface area contributed by atoms with E-state index in [1.165, 1.54) is 11.3 Å². The summed E-state index contributed by atoms with van der Waals surface area (Å²) in [5.74, 6) is 0.659. The van der Waals surface area contributed by atoms with Crippen molar-refractivity contribution >= 4 is 28.8 Å². The SMILES string of the molecule is CCOc1ccc(C(=O)NC(C)c2ccc(Cl)s2)cc1. The van der Waals surface area contributed by atoms with Gasteiger partial charge >= 0.3 is 0 Å². The normalized spacial score (nSPS) is 11.9. The molecule has 2 rings (SSSR count). The second kappa shape index (κ2) is 6.77. The first-order valence-electron chi connectivity index (χ1n) is 6.39. The summed E-state index contributed by atoms with van der Waals surface area (Å²) in [6, 6.07) is 10.8. The van der Waals surface area contributed by atoms with Gasteiger partial charge in [-0.25, -0.2) is 0 Å². The Hall–Kier alpha value is -1.52. The Labute approximate surface area is 127 Å². The molecule has 0 spiro atoms. The Bertz CT molecular complexity index is 580. The number of benzene rings is 1. The van der Waals surface area contributed by atoms with Gasteiger partial charge in [0.25, 0.3) is 5.91 Å². The van der Waals surface area contributed by atoms with Crippen molar-refractivity contribution in [2.24, 2.45) is 0 Å². The molecule has 0 saturated carbocycles. The number of carbonyl (C=O) groups is 1. The summed E-state index contributed by atoms with van der Waals surface area (Å²) in [6.45, 7) is 4.48. The van der Waals surface area contributed by atoms with Crippen molar-refractivity contribution in [2.75, 3.05) is 6.61 Å². The number of ether oxygens (including phenoxy) is 1. The molecule has 1 heterocycles. The molecule has 0 fully saturated rings. The third kappa shape index (κ3) is 3.74. The maximum atomic E-state index is 12.1. The second-order valence-electron chi connectivity index (χ2n) is 4.29. The summed E-state index contributed by atoms with van der Waals surface area (Å²) in [5, 5.41) is 2.95. The molecular weight excluding hydrogens is 294 g/mol. The molecular formula is C15H16ClNO2S. The van der Waals surface area contributed by atoms with Crippen molar-refractivity contribution in [3.05, 3.63) is 51.2 Å². The lowest BCUT2D eigenvalue weighted by Gasteiger charge is -2.12. The minimum absolute atomic E-state index is 0.0634. The molecule has 20 heavy (non-hydrogen) atoms. The molecule has 0 aliphatic heterocycles. The van der Waals surface area contributed by atoms with Crippen molar-refractivity contribution in [3.8, 4) is 5.75 Å². The lowest BCUT2D eigenvalue weighted by Crippen LogP contribution is -2.25. The zero-order valence-electron chi connectivity index (χ0n) is 11.4. The minimum atomic E-state index is -0.106. The van der Waals surface area contributed by atoms with Gasteiger partial charge in [-0.2, -0.15) is 0 Å². The van der Waals surface area contributed by atoms with Crippen LogP contribution in [-0.4, -0.2) is 12.5 Å². The predicted octanol–water partition coefficient (Wildman–Crippen LogP) is 4.29. The van der Waals surface area contributed by atoms with Gasteiger partial charge < -0.3 is 10.1 Å². The van der Waals surface area contributed by atoms with E-state index in [-0.39, 0.29) is 11.9 Å². The van der Waals surface area contributed by atoms with E-state index in [1.54, 1.807) is 24.3 Å². The second-order valence-corrected chi connectivity index (χ2v) is 6.04. The summed E-state index contributed by atoms with van der Waals surface area (Å²) in [5.41, 5.74) is 0.614. The number of carbonyl (C=O) groups excluding carboxylic acids is 1. The molecule has 5 heteroatoms. The molecule has 0 aliphatic rings. The average Bonchev–Trinajstić information content (AvgIpc) is 2.86. The Morgan fingerprint density at radius 2 is 2.00 bits per heavy atom. The van der Waals surface area contributed by atoms with Crippen molar-refractivity contribution in [1.29, 1.82) is 0 Å². The molecule has 1 N–H and O–H groups in total.